The minimum atomic E-state index is -0.513. The molecule has 1 aromatic rings. The molecule has 1 aliphatic carbocycles. The summed E-state index contributed by atoms with van der Waals surface area (Å²) >= 11 is 0. The summed E-state index contributed by atoms with van der Waals surface area (Å²) in [5, 5.41) is 31.2. The molecule has 0 heterocycles. The van der Waals surface area contributed by atoms with E-state index < -0.39 is 18.3 Å². The van der Waals surface area contributed by atoms with Crippen LogP contribution in [0.25, 0.3) is 0 Å². The molecule has 0 amide bonds. The molecule has 0 bridgehead atoms. The maximum Gasteiger partial charge on any atom is 0.306 e. The number of rotatable bonds is 13. The first-order valence-electron chi connectivity index (χ1n) is 11.8. The largest absolute Gasteiger partial charge is 0.463 e. The number of hydrogen-bond acceptors (Lipinski definition) is 5. The zero-order chi connectivity index (χ0) is 22.6. The van der Waals surface area contributed by atoms with Crippen molar-refractivity contribution in [2.75, 3.05) is 0 Å². The van der Waals surface area contributed by atoms with Crippen molar-refractivity contribution in [3.05, 3.63) is 48.0 Å². The second kappa shape index (κ2) is 13.7. The third kappa shape index (κ3) is 9.55. The molecule has 0 saturated heterocycles. The zero-order valence-corrected chi connectivity index (χ0v) is 19.0. The topological polar surface area (TPSA) is 87.0 Å². The van der Waals surface area contributed by atoms with Gasteiger partial charge in [-0.15, -0.1) is 0 Å². The van der Waals surface area contributed by atoms with Gasteiger partial charge in [0.1, 0.15) is 0 Å². The van der Waals surface area contributed by atoms with Gasteiger partial charge in [-0.25, -0.2) is 0 Å². The number of esters is 1. The summed E-state index contributed by atoms with van der Waals surface area (Å²) in [5.41, 5.74) is 1.22. The highest BCUT2D eigenvalue weighted by Crippen LogP contribution is 2.38. The van der Waals surface area contributed by atoms with E-state index in [0.29, 0.717) is 38.5 Å². The average Bonchev–Trinajstić information content (AvgIpc) is 3.00. The molecular formula is C26H40O5. The second-order valence-electron chi connectivity index (χ2n) is 9.09. The fourth-order valence-corrected chi connectivity index (χ4v) is 4.47. The number of aliphatic hydroxyl groups excluding tert-OH is 3. The highest BCUT2D eigenvalue weighted by molar-refractivity contribution is 5.69. The van der Waals surface area contributed by atoms with Crippen LogP contribution in [0, 0.1) is 11.8 Å². The lowest BCUT2D eigenvalue weighted by Gasteiger charge is -2.23. The monoisotopic (exact) mass is 432 g/mol. The summed E-state index contributed by atoms with van der Waals surface area (Å²) in [4.78, 5) is 11.5. The molecule has 174 valence electrons. The van der Waals surface area contributed by atoms with E-state index in [9.17, 15) is 20.1 Å². The molecule has 0 unspecified atom stereocenters. The van der Waals surface area contributed by atoms with Gasteiger partial charge in [0.2, 0.25) is 0 Å². The lowest BCUT2D eigenvalue weighted by Crippen LogP contribution is -2.23. The van der Waals surface area contributed by atoms with Crippen LogP contribution in [0.15, 0.2) is 42.5 Å². The van der Waals surface area contributed by atoms with Gasteiger partial charge in [0.15, 0.2) is 0 Å². The Labute approximate surface area is 187 Å². The Morgan fingerprint density at radius 1 is 1.10 bits per heavy atom. The molecule has 1 fully saturated rings. The summed E-state index contributed by atoms with van der Waals surface area (Å²) in [5.74, 6) is -0.144. The molecule has 0 aliphatic heterocycles. The van der Waals surface area contributed by atoms with Crippen molar-refractivity contribution in [2.24, 2.45) is 11.8 Å². The number of carbonyl (C=O) groups is 1. The fourth-order valence-electron chi connectivity index (χ4n) is 4.47. The fraction of sp³-hybridized carbons (Fsp3) is 0.654. The maximum atomic E-state index is 11.5. The Bertz CT molecular complexity index is 657. The van der Waals surface area contributed by atoms with Gasteiger partial charge >= 0.3 is 5.97 Å². The van der Waals surface area contributed by atoms with Crippen molar-refractivity contribution in [2.45, 2.75) is 96.1 Å². The van der Waals surface area contributed by atoms with Crippen LogP contribution in [0.2, 0.25) is 0 Å². The van der Waals surface area contributed by atoms with Crippen LogP contribution in [0.5, 0.6) is 0 Å². The van der Waals surface area contributed by atoms with Crippen LogP contribution < -0.4 is 0 Å². The minimum absolute atomic E-state index is 0.00652. The highest BCUT2D eigenvalue weighted by atomic mass is 16.5. The minimum Gasteiger partial charge on any atom is -0.463 e. The van der Waals surface area contributed by atoms with Crippen molar-refractivity contribution in [1.29, 1.82) is 0 Å². The van der Waals surface area contributed by atoms with Crippen LogP contribution in [0.3, 0.4) is 0 Å². The maximum absolute atomic E-state index is 11.5. The van der Waals surface area contributed by atoms with Crippen molar-refractivity contribution in [3.63, 3.8) is 0 Å². The van der Waals surface area contributed by atoms with E-state index in [1.54, 1.807) is 0 Å². The van der Waals surface area contributed by atoms with E-state index in [0.717, 1.165) is 19.3 Å². The van der Waals surface area contributed by atoms with Crippen LogP contribution in [0.1, 0.15) is 70.8 Å². The number of carbonyl (C=O) groups excluding carboxylic acids is 1. The van der Waals surface area contributed by atoms with Gasteiger partial charge in [0, 0.05) is 6.42 Å². The number of allylic oxidation sites excluding steroid dienone is 2. The first-order valence-corrected chi connectivity index (χ1v) is 11.8. The third-order valence-corrected chi connectivity index (χ3v) is 6.16. The first kappa shape index (κ1) is 25.6. The number of aliphatic hydroxyl groups is 3. The Morgan fingerprint density at radius 2 is 1.81 bits per heavy atom. The second-order valence-corrected chi connectivity index (χ2v) is 9.09. The first-order chi connectivity index (χ1) is 14.9. The van der Waals surface area contributed by atoms with Gasteiger partial charge in [0.25, 0.3) is 0 Å². The zero-order valence-electron chi connectivity index (χ0n) is 19.0. The SMILES string of the molecule is CC(C)OC(=O)CCC/C=C\C[C@H]1[C@@H](CC[C@@H](O)CCc2ccccc2)[C@@H](O)C[C@H]1O. The average molecular weight is 433 g/mol. The molecule has 1 aromatic carbocycles. The summed E-state index contributed by atoms with van der Waals surface area (Å²) in [7, 11) is 0. The number of unbranched alkanes of at least 4 members (excludes halogenated alkanes) is 1. The lowest BCUT2D eigenvalue weighted by molar-refractivity contribution is -0.147. The summed E-state index contributed by atoms with van der Waals surface area (Å²) < 4.78 is 5.12. The quantitative estimate of drug-likeness (QED) is 0.247. The molecular weight excluding hydrogens is 392 g/mol. The number of hydrogen-bond donors (Lipinski definition) is 3. The van der Waals surface area contributed by atoms with Gasteiger partial charge in [-0.2, -0.15) is 0 Å². The standard InChI is InChI=1S/C26H40O5/c1-19(2)31-26(30)13-9-4-3-8-12-22-23(25(29)18-24(22)28)17-16-21(27)15-14-20-10-6-5-7-11-20/h3,5-8,10-11,19,21-25,27-29H,4,9,12-18H2,1-2H3/b8-3-/t21-,22-,23+,24+,25-/m0/s1. The predicted octanol–water partition coefficient (Wildman–Crippen LogP) is 4.19. The molecule has 2 rings (SSSR count). The number of benzene rings is 1. The Hall–Kier alpha value is -1.69. The number of aryl methyl sites for hydroxylation is 1. The van der Waals surface area contributed by atoms with E-state index in [2.05, 4.69) is 18.2 Å². The molecule has 0 spiro atoms. The molecule has 5 heteroatoms. The van der Waals surface area contributed by atoms with Crippen LogP contribution in [-0.2, 0) is 16.0 Å². The molecule has 3 N–H and O–H groups in total. The van der Waals surface area contributed by atoms with Gasteiger partial charge in [-0.3, -0.25) is 4.79 Å². The van der Waals surface area contributed by atoms with Crippen molar-refractivity contribution in [1.82, 2.24) is 0 Å². The molecule has 1 aliphatic rings. The predicted molar refractivity (Wildman–Crippen MR) is 122 cm³/mol. The van der Waals surface area contributed by atoms with E-state index in [4.69, 9.17) is 4.74 Å². The normalized spacial score (nSPS) is 24.7. The Morgan fingerprint density at radius 3 is 2.52 bits per heavy atom. The molecule has 1 saturated carbocycles. The lowest BCUT2D eigenvalue weighted by atomic mass is 9.85. The summed E-state index contributed by atoms with van der Waals surface area (Å²) in [6, 6.07) is 10.1. The molecule has 5 nitrogen and oxygen atoms in total. The molecule has 5 atom stereocenters. The van der Waals surface area contributed by atoms with E-state index in [1.807, 2.05) is 38.1 Å². The van der Waals surface area contributed by atoms with Crippen LogP contribution in [0.4, 0.5) is 0 Å². The van der Waals surface area contributed by atoms with E-state index in [-0.39, 0.29) is 23.9 Å². The van der Waals surface area contributed by atoms with Crippen molar-refractivity contribution < 1.29 is 24.9 Å². The van der Waals surface area contributed by atoms with E-state index >= 15 is 0 Å². The van der Waals surface area contributed by atoms with Gasteiger partial charge in [-0.05, 0) is 82.6 Å². The number of ether oxygens (including phenoxy) is 1. The van der Waals surface area contributed by atoms with Crippen LogP contribution >= 0.6 is 0 Å². The Balaban J connectivity index is 1.70. The van der Waals surface area contributed by atoms with Crippen LogP contribution in [-0.4, -0.2) is 45.7 Å². The van der Waals surface area contributed by atoms with E-state index in [1.165, 1.54) is 5.56 Å². The van der Waals surface area contributed by atoms with Crippen molar-refractivity contribution >= 4 is 5.97 Å². The molecule has 0 radical (unpaired) electrons. The van der Waals surface area contributed by atoms with Gasteiger partial charge in [0.05, 0.1) is 24.4 Å². The third-order valence-electron chi connectivity index (χ3n) is 6.16. The van der Waals surface area contributed by atoms with Gasteiger partial charge < -0.3 is 20.1 Å². The molecule has 31 heavy (non-hydrogen) atoms. The summed E-state index contributed by atoms with van der Waals surface area (Å²) in [6.07, 6.45) is 8.58. The van der Waals surface area contributed by atoms with Gasteiger partial charge in [-0.1, -0.05) is 42.5 Å². The molecule has 0 aromatic heterocycles. The Kier molecular flexibility index (Phi) is 11.3. The summed E-state index contributed by atoms with van der Waals surface area (Å²) in [6.45, 7) is 3.69. The smallest absolute Gasteiger partial charge is 0.306 e. The highest BCUT2D eigenvalue weighted by Gasteiger charge is 2.40. The van der Waals surface area contributed by atoms with Crippen molar-refractivity contribution in [3.8, 4) is 0 Å².